The van der Waals surface area contributed by atoms with Crippen LogP contribution >= 0.6 is 0 Å². The van der Waals surface area contributed by atoms with Gasteiger partial charge in [0, 0.05) is 38.1 Å². The molecule has 1 N–H and O–H groups in total. The first-order valence-electron chi connectivity index (χ1n) is 11.7. The highest BCUT2D eigenvalue weighted by molar-refractivity contribution is 5.80. The molecule has 0 spiro atoms. The van der Waals surface area contributed by atoms with Gasteiger partial charge in [0.15, 0.2) is 5.96 Å². The lowest BCUT2D eigenvalue weighted by Gasteiger charge is -2.26. The van der Waals surface area contributed by atoms with Gasteiger partial charge in [-0.1, -0.05) is 39.8 Å². The second-order valence-corrected chi connectivity index (χ2v) is 9.45. The van der Waals surface area contributed by atoms with Crippen molar-refractivity contribution in [1.29, 1.82) is 0 Å². The normalized spacial score (nSPS) is 17.5. The third-order valence-corrected chi connectivity index (χ3v) is 5.55. The Morgan fingerprint density at radius 2 is 1.97 bits per heavy atom. The van der Waals surface area contributed by atoms with Crippen LogP contribution in [0, 0.1) is 11.8 Å². The summed E-state index contributed by atoms with van der Waals surface area (Å²) in [6.07, 6.45) is 1.14. The van der Waals surface area contributed by atoms with Crippen LogP contribution in [0.25, 0.3) is 0 Å². The van der Waals surface area contributed by atoms with E-state index in [4.69, 9.17) is 19.2 Å². The average molecular weight is 434 g/mol. The summed E-state index contributed by atoms with van der Waals surface area (Å²) in [7, 11) is 1.70. The Labute approximate surface area is 189 Å². The first kappa shape index (κ1) is 25.5. The van der Waals surface area contributed by atoms with Gasteiger partial charge < -0.3 is 24.4 Å². The zero-order valence-electron chi connectivity index (χ0n) is 20.4. The fourth-order valence-corrected chi connectivity index (χ4v) is 3.61. The lowest BCUT2D eigenvalue weighted by Crippen LogP contribution is -2.41. The molecule has 1 unspecified atom stereocenters. The largest absolute Gasteiger partial charge is 0.493 e. The molecular formula is C25H43N3O3. The van der Waals surface area contributed by atoms with Gasteiger partial charge in [-0.2, -0.15) is 0 Å². The van der Waals surface area contributed by atoms with E-state index in [1.807, 2.05) is 0 Å². The Kier molecular flexibility index (Phi) is 10.6. The smallest absolute Gasteiger partial charge is 0.193 e. The topological polar surface area (TPSA) is 55.3 Å². The highest BCUT2D eigenvalue weighted by Gasteiger charge is 2.26. The van der Waals surface area contributed by atoms with E-state index in [2.05, 4.69) is 69.1 Å². The van der Waals surface area contributed by atoms with Gasteiger partial charge in [-0.05, 0) is 37.0 Å². The third kappa shape index (κ3) is 8.69. The number of benzene rings is 1. The van der Waals surface area contributed by atoms with E-state index in [1.165, 1.54) is 5.56 Å². The monoisotopic (exact) mass is 433 g/mol. The van der Waals surface area contributed by atoms with Crippen molar-refractivity contribution in [1.82, 2.24) is 10.2 Å². The lowest BCUT2D eigenvalue weighted by atomic mass is 9.85. The molecule has 1 aliphatic heterocycles. The molecule has 1 atom stereocenters. The third-order valence-electron chi connectivity index (χ3n) is 5.55. The molecule has 0 aliphatic carbocycles. The van der Waals surface area contributed by atoms with Gasteiger partial charge in [0.2, 0.25) is 0 Å². The number of guanidine groups is 1. The van der Waals surface area contributed by atoms with Gasteiger partial charge in [-0.3, -0.25) is 4.99 Å². The zero-order valence-corrected chi connectivity index (χ0v) is 20.4. The van der Waals surface area contributed by atoms with Crippen LogP contribution in [-0.4, -0.2) is 70.6 Å². The Morgan fingerprint density at radius 3 is 2.61 bits per heavy atom. The first-order chi connectivity index (χ1) is 14.9. The van der Waals surface area contributed by atoms with Gasteiger partial charge in [-0.25, -0.2) is 0 Å². The molecule has 0 bridgehead atoms. The SMILES string of the molecule is CCNC(=NCC(C)(C)c1ccc(OCC(C)C)cc1)N1CCC(COCCOC)C1. The van der Waals surface area contributed by atoms with Crippen molar-refractivity contribution in [2.75, 3.05) is 59.7 Å². The van der Waals surface area contributed by atoms with Crippen molar-refractivity contribution in [2.24, 2.45) is 16.8 Å². The molecule has 1 aromatic carbocycles. The molecular weight excluding hydrogens is 390 g/mol. The number of nitrogens with one attached hydrogen (secondary N) is 1. The number of nitrogens with zero attached hydrogens (tertiary/aromatic N) is 2. The summed E-state index contributed by atoms with van der Waals surface area (Å²) in [5, 5.41) is 3.48. The van der Waals surface area contributed by atoms with Crippen molar-refractivity contribution in [3.63, 3.8) is 0 Å². The minimum Gasteiger partial charge on any atom is -0.493 e. The number of hydrogen-bond donors (Lipinski definition) is 1. The van der Waals surface area contributed by atoms with Gasteiger partial charge in [-0.15, -0.1) is 0 Å². The zero-order chi connectivity index (χ0) is 22.7. The molecule has 1 aliphatic rings. The van der Waals surface area contributed by atoms with Gasteiger partial charge in [0.05, 0.1) is 33.0 Å². The minimum atomic E-state index is -0.0559. The van der Waals surface area contributed by atoms with Crippen LogP contribution in [-0.2, 0) is 14.9 Å². The van der Waals surface area contributed by atoms with E-state index in [0.29, 0.717) is 25.0 Å². The standard InChI is InChI=1S/C25H43N3O3/c1-7-26-24(28-13-12-21(16-28)18-30-15-14-29-6)27-19-25(4,5)22-8-10-23(11-9-22)31-17-20(2)3/h8-11,20-21H,7,12-19H2,1-6H3,(H,26,27). The molecule has 2 rings (SSSR count). The van der Waals surface area contributed by atoms with Crippen molar-refractivity contribution >= 4 is 5.96 Å². The van der Waals surface area contributed by atoms with Crippen molar-refractivity contribution in [3.8, 4) is 5.75 Å². The molecule has 31 heavy (non-hydrogen) atoms. The van der Waals surface area contributed by atoms with Gasteiger partial charge >= 0.3 is 0 Å². The number of likely N-dealkylation sites (tertiary alicyclic amines) is 1. The highest BCUT2D eigenvalue weighted by atomic mass is 16.5. The predicted octanol–water partition coefficient (Wildman–Crippen LogP) is 3.95. The van der Waals surface area contributed by atoms with Crippen LogP contribution in [0.3, 0.4) is 0 Å². The minimum absolute atomic E-state index is 0.0559. The number of rotatable bonds is 12. The van der Waals surface area contributed by atoms with Crippen LogP contribution < -0.4 is 10.1 Å². The first-order valence-corrected chi connectivity index (χ1v) is 11.7. The second kappa shape index (κ2) is 12.9. The quantitative estimate of drug-likeness (QED) is 0.307. The lowest BCUT2D eigenvalue weighted by molar-refractivity contribution is 0.0536. The van der Waals surface area contributed by atoms with Crippen molar-refractivity contribution in [3.05, 3.63) is 29.8 Å². The molecule has 6 nitrogen and oxygen atoms in total. The van der Waals surface area contributed by atoms with Crippen molar-refractivity contribution < 1.29 is 14.2 Å². The van der Waals surface area contributed by atoms with E-state index in [1.54, 1.807) is 7.11 Å². The number of ether oxygens (including phenoxy) is 3. The van der Waals surface area contributed by atoms with E-state index >= 15 is 0 Å². The van der Waals surface area contributed by atoms with Gasteiger partial charge in [0.1, 0.15) is 5.75 Å². The molecule has 6 heteroatoms. The van der Waals surface area contributed by atoms with E-state index < -0.39 is 0 Å². The number of hydrogen-bond acceptors (Lipinski definition) is 4. The maximum Gasteiger partial charge on any atom is 0.193 e. The fourth-order valence-electron chi connectivity index (χ4n) is 3.61. The van der Waals surface area contributed by atoms with Gasteiger partial charge in [0.25, 0.3) is 0 Å². The highest BCUT2D eigenvalue weighted by Crippen LogP contribution is 2.26. The summed E-state index contributed by atoms with van der Waals surface area (Å²) < 4.78 is 16.6. The van der Waals surface area contributed by atoms with E-state index in [9.17, 15) is 0 Å². The maximum atomic E-state index is 5.82. The maximum absolute atomic E-state index is 5.82. The molecule has 0 aromatic heterocycles. The summed E-state index contributed by atoms with van der Waals surface area (Å²) in [5.41, 5.74) is 1.22. The summed E-state index contributed by atoms with van der Waals surface area (Å²) in [5.74, 6) is 3.01. The van der Waals surface area contributed by atoms with Crippen LogP contribution in [0.15, 0.2) is 29.3 Å². The predicted molar refractivity (Wildman–Crippen MR) is 128 cm³/mol. The summed E-state index contributed by atoms with van der Waals surface area (Å²) >= 11 is 0. The molecule has 1 fully saturated rings. The Morgan fingerprint density at radius 1 is 1.23 bits per heavy atom. The fraction of sp³-hybridized carbons (Fsp3) is 0.720. The van der Waals surface area contributed by atoms with Crippen LogP contribution in [0.1, 0.15) is 46.6 Å². The average Bonchev–Trinajstić information content (AvgIpc) is 3.22. The Bertz CT molecular complexity index is 658. The second-order valence-electron chi connectivity index (χ2n) is 9.45. The number of methoxy groups -OCH3 is 1. The van der Waals surface area contributed by atoms with E-state index in [-0.39, 0.29) is 5.41 Å². The Hall–Kier alpha value is -1.79. The molecule has 0 radical (unpaired) electrons. The van der Waals surface area contributed by atoms with Crippen LogP contribution in [0.2, 0.25) is 0 Å². The summed E-state index contributed by atoms with van der Waals surface area (Å²) in [4.78, 5) is 7.38. The number of aliphatic imine (C=N–C) groups is 1. The molecule has 1 heterocycles. The molecule has 0 amide bonds. The van der Waals surface area contributed by atoms with Crippen molar-refractivity contribution in [2.45, 2.75) is 46.5 Å². The Balaban J connectivity index is 1.94. The van der Waals surface area contributed by atoms with Crippen LogP contribution in [0.5, 0.6) is 5.75 Å². The summed E-state index contributed by atoms with van der Waals surface area (Å²) in [6, 6.07) is 8.48. The summed E-state index contributed by atoms with van der Waals surface area (Å²) in [6.45, 7) is 17.4. The molecule has 176 valence electrons. The van der Waals surface area contributed by atoms with E-state index in [0.717, 1.165) is 57.5 Å². The molecule has 0 saturated carbocycles. The van der Waals surface area contributed by atoms with Crippen LogP contribution in [0.4, 0.5) is 0 Å². The molecule has 1 aromatic rings. The molecule has 1 saturated heterocycles.